The fourth-order valence-corrected chi connectivity index (χ4v) is 4.54. The Morgan fingerprint density at radius 3 is 2.59 bits per heavy atom. The van der Waals surface area contributed by atoms with Gasteiger partial charge in [0.1, 0.15) is 0 Å². The average Bonchev–Trinajstić information content (AvgIpc) is 2.71. The van der Waals surface area contributed by atoms with Gasteiger partial charge in [-0.15, -0.1) is 0 Å². The molecule has 1 aromatic heterocycles. The molecule has 2 saturated heterocycles. The summed E-state index contributed by atoms with van der Waals surface area (Å²) in [6.07, 6.45) is 2.43. The Kier molecular flexibility index (Phi) is 5.21. The van der Waals surface area contributed by atoms with Crippen LogP contribution in [-0.4, -0.2) is 41.1 Å². The lowest BCUT2D eigenvalue weighted by Crippen LogP contribution is -2.67. The number of piperidine rings is 1. The second kappa shape index (κ2) is 7.67. The van der Waals surface area contributed by atoms with Gasteiger partial charge in [0.05, 0.1) is 23.3 Å². The molecule has 152 valence electrons. The summed E-state index contributed by atoms with van der Waals surface area (Å²) in [6, 6.07) is 12.9. The number of ether oxygens (including phenoxy) is 1. The van der Waals surface area contributed by atoms with Crippen molar-refractivity contribution in [1.82, 2.24) is 9.88 Å². The first-order valence-electron chi connectivity index (χ1n) is 9.88. The smallest absolute Gasteiger partial charge is 0.410 e. The van der Waals surface area contributed by atoms with Crippen LogP contribution < -0.4 is 4.90 Å². The van der Waals surface area contributed by atoms with E-state index in [9.17, 15) is 9.59 Å². The van der Waals surface area contributed by atoms with Gasteiger partial charge in [-0.1, -0.05) is 23.7 Å². The number of rotatable bonds is 3. The van der Waals surface area contributed by atoms with Crippen LogP contribution in [0.5, 0.6) is 0 Å². The molecule has 2 aromatic rings. The number of amides is 2. The number of carbonyl (C=O) groups is 2. The highest BCUT2D eigenvalue weighted by molar-refractivity contribution is 6.31. The third-order valence-corrected chi connectivity index (χ3v) is 5.97. The van der Waals surface area contributed by atoms with E-state index in [-0.39, 0.29) is 24.1 Å². The lowest BCUT2D eigenvalue weighted by molar-refractivity contribution is -0.144. The van der Waals surface area contributed by atoms with Gasteiger partial charge in [-0.2, -0.15) is 0 Å². The molecule has 4 rings (SSSR count). The van der Waals surface area contributed by atoms with Crippen LogP contribution in [0.25, 0.3) is 0 Å². The van der Waals surface area contributed by atoms with E-state index in [1.54, 1.807) is 28.1 Å². The number of carbonyl (C=O) groups excluding carboxylic acids is 2. The molecule has 6 nitrogen and oxygen atoms in total. The number of aromatic nitrogens is 1. The second-order valence-electron chi connectivity index (χ2n) is 7.89. The minimum atomic E-state index is -0.564. The van der Waals surface area contributed by atoms with Gasteiger partial charge in [-0.05, 0) is 57.0 Å². The number of likely N-dealkylation sites (tertiary alicyclic amines) is 1. The molecule has 29 heavy (non-hydrogen) atoms. The number of nitrogens with zero attached hydrogens (tertiary/aromatic N) is 3. The number of benzene rings is 1. The van der Waals surface area contributed by atoms with Crippen molar-refractivity contribution in [2.45, 2.75) is 38.8 Å². The number of anilines is 1. The van der Waals surface area contributed by atoms with Crippen molar-refractivity contribution in [2.75, 3.05) is 18.0 Å². The van der Waals surface area contributed by atoms with Crippen LogP contribution in [-0.2, 0) is 9.53 Å². The van der Waals surface area contributed by atoms with E-state index in [4.69, 9.17) is 16.3 Å². The van der Waals surface area contributed by atoms with Gasteiger partial charge in [0.15, 0.2) is 0 Å². The summed E-state index contributed by atoms with van der Waals surface area (Å²) in [5.74, 6) is 0.0623. The fraction of sp³-hybridized carbons (Fsp3) is 0.409. The molecule has 1 spiro atoms. The lowest BCUT2D eigenvalue weighted by Gasteiger charge is -2.58. The van der Waals surface area contributed by atoms with Gasteiger partial charge in [-0.25, -0.2) is 4.79 Å². The maximum atomic E-state index is 13.4. The van der Waals surface area contributed by atoms with Crippen molar-refractivity contribution < 1.29 is 14.3 Å². The predicted octanol–water partition coefficient (Wildman–Crippen LogP) is 4.45. The van der Waals surface area contributed by atoms with Crippen LogP contribution >= 0.6 is 11.6 Å². The maximum Gasteiger partial charge on any atom is 0.410 e. The Morgan fingerprint density at radius 1 is 1.21 bits per heavy atom. The monoisotopic (exact) mass is 413 g/mol. The van der Waals surface area contributed by atoms with Crippen molar-refractivity contribution >= 4 is 29.3 Å². The maximum absolute atomic E-state index is 13.4. The first-order chi connectivity index (χ1) is 13.9. The van der Waals surface area contributed by atoms with Crippen molar-refractivity contribution in [3.8, 4) is 0 Å². The summed E-state index contributed by atoms with van der Waals surface area (Å²) >= 11 is 6.17. The second-order valence-corrected chi connectivity index (χ2v) is 8.32. The minimum Gasteiger partial charge on any atom is -0.447 e. The summed E-state index contributed by atoms with van der Waals surface area (Å²) in [7, 11) is 0. The van der Waals surface area contributed by atoms with Gasteiger partial charge in [0.25, 0.3) is 0 Å². The first-order valence-corrected chi connectivity index (χ1v) is 10.3. The van der Waals surface area contributed by atoms with E-state index in [1.807, 2.05) is 44.2 Å². The molecule has 0 saturated carbocycles. The number of hydrogen-bond donors (Lipinski definition) is 0. The molecule has 0 radical (unpaired) electrons. The topological polar surface area (TPSA) is 62.7 Å². The standard InChI is InChI=1S/C22H24ClN3O3/c1-15(2)29-21(28)25-12-9-22(10-13-25)19(18-8-3-4-11-24-18)26(20(22)27)17-7-5-6-16(23)14-17/h3-8,11,14-15,19H,9-10,12-13H2,1-2H3. The van der Waals surface area contributed by atoms with Crippen LogP contribution in [0.15, 0.2) is 48.7 Å². The highest BCUT2D eigenvalue weighted by Gasteiger charge is 2.62. The molecular formula is C22H24ClN3O3. The van der Waals surface area contributed by atoms with E-state index < -0.39 is 5.41 Å². The zero-order valence-electron chi connectivity index (χ0n) is 16.5. The summed E-state index contributed by atoms with van der Waals surface area (Å²) < 4.78 is 5.32. The Morgan fingerprint density at radius 2 is 1.97 bits per heavy atom. The van der Waals surface area contributed by atoms with Crippen LogP contribution in [0, 0.1) is 5.41 Å². The number of pyridine rings is 1. The molecule has 2 fully saturated rings. The molecule has 1 atom stereocenters. The largest absolute Gasteiger partial charge is 0.447 e. The van der Waals surface area contributed by atoms with Crippen LogP contribution in [0.4, 0.5) is 10.5 Å². The lowest BCUT2D eigenvalue weighted by atomic mass is 9.63. The van der Waals surface area contributed by atoms with E-state index >= 15 is 0 Å². The zero-order chi connectivity index (χ0) is 20.6. The summed E-state index contributed by atoms with van der Waals surface area (Å²) in [5, 5.41) is 0.585. The van der Waals surface area contributed by atoms with Crippen molar-refractivity contribution in [3.05, 3.63) is 59.4 Å². The highest BCUT2D eigenvalue weighted by Crippen LogP contribution is 2.57. The molecule has 2 aliphatic heterocycles. The molecule has 2 aliphatic rings. The van der Waals surface area contributed by atoms with Crippen molar-refractivity contribution in [1.29, 1.82) is 0 Å². The van der Waals surface area contributed by atoms with Gasteiger partial charge in [-0.3, -0.25) is 9.78 Å². The molecule has 0 bridgehead atoms. The Labute approximate surface area is 175 Å². The zero-order valence-corrected chi connectivity index (χ0v) is 17.3. The molecule has 0 aliphatic carbocycles. The van der Waals surface area contributed by atoms with Gasteiger partial charge >= 0.3 is 6.09 Å². The van der Waals surface area contributed by atoms with Crippen LogP contribution in [0.1, 0.15) is 38.4 Å². The molecule has 1 aromatic carbocycles. The Bertz CT molecular complexity index is 911. The van der Waals surface area contributed by atoms with Crippen molar-refractivity contribution in [3.63, 3.8) is 0 Å². The SMILES string of the molecule is CC(C)OC(=O)N1CCC2(CC1)C(=O)N(c1cccc(Cl)c1)C2c1ccccn1. The quantitative estimate of drug-likeness (QED) is 0.697. The van der Waals surface area contributed by atoms with Crippen molar-refractivity contribution in [2.24, 2.45) is 5.41 Å². The van der Waals surface area contributed by atoms with Gasteiger partial charge in [0, 0.05) is 30.0 Å². The summed E-state index contributed by atoms with van der Waals surface area (Å²) in [4.78, 5) is 33.7. The number of hydrogen-bond acceptors (Lipinski definition) is 4. The molecular weight excluding hydrogens is 390 g/mol. The number of halogens is 1. The normalized spacial score (nSPS) is 20.7. The highest BCUT2D eigenvalue weighted by atomic mass is 35.5. The average molecular weight is 414 g/mol. The van der Waals surface area contributed by atoms with Crippen LogP contribution in [0.2, 0.25) is 5.02 Å². The molecule has 7 heteroatoms. The van der Waals surface area contributed by atoms with E-state index in [2.05, 4.69) is 4.98 Å². The van der Waals surface area contributed by atoms with E-state index in [0.29, 0.717) is 31.0 Å². The minimum absolute atomic E-state index is 0.0623. The summed E-state index contributed by atoms with van der Waals surface area (Å²) in [5.41, 5.74) is 1.06. The van der Waals surface area contributed by atoms with Crippen LogP contribution in [0.3, 0.4) is 0 Å². The molecule has 1 unspecified atom stereocenters. The number of β-lactam (4-membered cyclic amide) rings is 1. The fourth-order valence-electron chi connectivity index (χ4n) is 4.35. The van der Waals surface area contributed by atoms with E-state index in [0.717, 1.165) is 11.4 Å². The van der Waals surface area contributed by atoms with Gasteiger partial charge in [0.2, 0.25) is 5.91 Å². The predicted molar refractivity (Wildman–Crippen MR) is 111 cm³/mol. The molecule has 0 N–H and O–H groups in total. The Hall–Kier alpha value is -2.60. The van der Waals surface area contributed by atoms with E-state index in [1.165, 1.54) is 0 Å². The first kappa shape index (κ1) is 19.7. The third kappa shape index (κ3) is 3.46. The summed E-state index contributed by atoms with van der Waals surface area (Å²) in [6.45, 7) is 4.64. The third-order valence-electron chi connectivity index (χ3n) is 5.73. The Balaban J connectivity index is 1.62. The molecule has 2 amide bonds. The van der Waals surface area contributed by atoms with Gasteiger partial charge < -0.3 is 14.5 Å². The molecule has 3 heterocycles.